The molecular formula is C44H42F4N2O4. The summed E-state index contributed by atoms with van der Waals surface area (Å²) in [6.45, 7) is 6.61. The van der Waals surface area contributed by atoms with Gasteiger partial charge in [0.1, 0.15) is 11.5 Å². The molecule has 1 atom stereocenters. The third-order valence-corrected chi connectivity index (χ3v) is 9.90. The molecule has 0 radical (unpaired) electrons. The molecule has 0 amide bonds. The maximum absolute atomic E-state index is 14.3. The predicted molar refractivity (Wildman–Crippen MR) is 205 cm³/mol. The number of alkyl halides is 4. The van der Waals surface area contributed by atoms with Crippen LogP contribution in [0.4, 0.5) is 17.6 Å². The number of halogens is 4. The molecule has 0 saturated carbocycles. The van der Waals surface area contributed by atoms with Gasteiger partial charge in [0.05, 0.1) is 5.52 Å². The highest BCUT2D eigenvalue weighted by Crippen LogP contribution is 2.39. The van der Waals surface area contributed by atoms with Crippen LogP contribution in [0.5, 0.6) is 5.75 Å². The first-order valence-corrected chi connectivity index (χ1v) is 18.2. The molecule has 0 aliphatic carbocycles. The van der Waals surface area contributed by atoms with Crippen LogP contribution >= 0.6 is 0 Å². The number of para-hydroxylation sites is 1. The van der Waals surface area contributed by atoms with Gasteiger partial charge in [-0.05, 0) is 60.5 Å². The topological polar surface area (TPSA) is 69.9 Å². The molecule has 54 heavy (non-hydrogen) atoms. The number of ketones is 1. The summed E-state index contributed by atoms with van der Waals surface area (Å²) in [6, 6.07) is 28.9. The Balaban J connectivity index is 1.62. The van der Waals surface area contributed by atoms with Gasteiger partial charge in [0.2, 0.25) is 0 Å². The summed E-state index contributed by atoms with van der Waals surface area (Å²) in [5.74, 6) is -5.00. The summed E-state index contributed by atoms with van der Waals surface area (Å²) in [7, 11) is 0. The normalized spacial score (nSPS) is 12.9. The quantitative estimate of drug-likeness (QED) is 0.0346. The van der Waals surface area contributed by atoms with Crippen molar-refractivity contribution in [2.45, 2.75) is 72.3 Å². The van der Waals surface area contributed by atoms with Crippen molar-refractivity contribution in [3.63, 3.8) is 0 Å². The van der Waals surface area contributed by atoms with E-state index >= 15 is 0 Å². The van der Waals surface area contributed by atoms with Gasteiger partial charge in [-0.15, -0.1) is 0 Å². The molecule has 0 bridgehead atoms. The SMILES string of the molecule is CCCCC(CC)Cn1c2ccc(/C(=N/OC(C)=O)c3ccccc3OCC(F)(F)C(F)F)cc2c2cc(C(=O)c3ccccc3C)c3ccccc3c21. The van der Waals surface area contributed by atoms with E-state index in [-0.39, 0.29) is 22.8 Å². The van der Waals surface area contributed by atoms with Crippen molar-refractivity contribution < 1.29 is 36.7 Å². The maximum atomic E-state index is 14.3. The number of carbonyl (C=O) groups excluding carboxylic acids is 2. The van der Waals surface area contributed by atoms with Crippen LogP contribution in [-0.2, 0) is 16.2 Å². The first-order valence-electron chi connectivity index (χ1n) is 18.2. The number of unbranched alkanes of at least 4 members (excludes halogenated alkanes) is 1. The van der Waals surface area contributed by atoms with E-state index in [9.17, 15) is 27.2 Å². The van der Waals surface area contributed by atoms with Gasteiger partial charge in [-0.25, -0.2) is 13.6 Å². The van der Waals surface area contributed by atoms with Crippen molar-refractivity contribution in [3.8, 4) is 5.75 Å². The van der Waals surface area contributed by atoms with Crippen LogP contribution in [0, 0.1) is 12.8 Å². The van der Waals surface area contributed by atoms with Crippen molar-refractivity contribution >= 4 is 50.0 Å². The van der Waals surface area contributed by atoms with E-state index in [1.54, 1.807) is 12.1 Å². The highest BCUT2D eigenvalue weighted by Gasteiger charge is 2.42. The molecule has 0 N–H and O–H groups in total. The van der Waals surface area contributed by atoms with Crippen LogP contribution < -0.4 is 4.74 Å². The third kappa shape index (κ3) is 7.74. The Morgan fingerprint density at radius 2 is 1.50 bits per heavy atom. The van der Waals surface area contributed by atoms with Gasteiger partial charge in [-0.1, -0.05) is 105 Å². The molecule has 1 unspecified atom stereocenters. The zero-order valence-electron chi connectivity index (χ0n) is 30.7. The Kier molecular flexibility index (Phi) is 11.5. The van der Waals surface area contributed by atoms with Gasteiger partial charge < -0.3 is 14.1 Å². The molecule has 10 heteroatoms. The number of aryl methyl sites for hydroxylation is 1. The van der Waals surface area contributed by atoms with E-state index < -0.39 is 24.9 Å². The van der Waals surface area contributed by atoms with Gasteiger partial charge in [-0.3, -0.25) is 4.79 Å². The summed E-state index contributed by atoms with van der Waals surface area (Å²) in [5, 5.41) is 7.48. The lowest BCUT2D eigenvalue weighted by molar-refractivity contribution is -0.148. The number of hydrogen-bond acceptors (Lipinski definition) is 5. The van der Waals surface area contributed by atoms with E-state index in [4.69, 9.17) is 9.57 Å². The van der Waals surface area contributed by atoms with E-state index in [1.165, 1.54) is 25.1 Å². The Morgan fingerprint density at radius 1 is 0.815 bits per heavy atom. The lowest BCUT2D eigenvalue weighted by Crippen LogP contribution is -2.34. The first-order chi connectivity index (χ1) is 25.9. The molecule has 0 fully saturated rings. The molecule has 6 rings (SSSR count). The second-order valence-corrected chi connectivity index (χ2v) is 13.6. The molecule has 1 aromatic heterocycles. The molecule has 1 heterocycles. The minimum Gasteiger partial charge on any atom is -0.486 e. The minimum absolute atomic E-state index is 0.0651. The molecule has 5 aromatic carbocycles. The monoisotopic (exact) mass is 738 g/mol. The largest absolute Gasteiger partial charge is 0.486 e. The number of benzene rings is 5. The van der Waals surface area contributed by atoms with Gasteiger partial charge in [0, 0.05) is 57.4 Å². The molecule has 6 aromatic rings. The fourth-order valence-corrected chi connectivity index (χ4v) is 7.03. The molecule has 0 saturated heterocycles. The van der Waals surface area contributed by atoms with Crippen molar-refractivity contribution in [1.82, 2.24) is 4.57 Å². The van der Waals surface area contributed by atoms with Crippen molar-refractivity contribution in [3.05, 3.63) is 125 Å². The summed E-state index contributed by atoms with van der Waals surface area (Å²) in [6.07, 6.45) is 0.272. The second-order valence-electron chi connectivity index (χ2n) is 13.6. The summed E-state index contributed by atoms with van der Waals surface area (Å²) in [5.41, 5.74) is 4.53. The van der Waals surface area contributed by atoms with Crippen molar-refractivity contribution in [1.29, 1.82) is 0 Å². The number of oxime groups is 1. The van der Waals surface area contributed by atoms with Crippen LogP contribution in [0.3, 0.4) is 0 Å². The maximum Gasteiger partial charge on any atom is 0.340 e. The first kappa shape index (κ1) is 38.2. The van der Waals surface area contributed by atoms with Gasteiger partial charge in [0.25, 0.3) is 0 Å². The number of fused-ring (bicyclic) bond motifs is 5. The molecule has 280 valence electrons. The predicted octanol–water partition coefficient (Wildman–Crippen LogP) is 11.3. The zero-order chi connectivity index (χ0) is 38.6. The van der Waals surface area contributed by atoms with Crippen molar-refractivity contribution in [2.75, 3.05) is 6.61 Å². The summed E-state index contributed by atoms with van der Waals surface area (Å²) < 4.78 is 61.6. The van der Waals surface area contributed by atoms with Crippen LogP contribution in [0.25, 0.3) is 32.6 Å². The zero-order valence-corrected chi connectivity index (χ0v) is 30.7. The molecule has 0 aliphatic rings. The fraction of sp³-hybridized carbons (Fsp3) is 0.295. The van der Waals surface area contributed by atoms with E-state index in [2.05, 4.69) is 23.6 Å². The molecule has 0 spiro atoms. The smallest absolute Gasteiger partial charge is 0.340 e. The number of aromatic nitrogens is 1. The number of carbonyl (C=O) groups is 2. The standard InChI is InChI=1S/C44H42F4N2O4/c1-5-7-15-29(6-2)25-50-38-22-21-30(40(49-54-28(4)51)34-19-12-13-20-39(34)53-26-44(47,48)43(45)46)23-35(38)36-24-37(32-17-10-11-18-33(32)41(36)50)42(52)31-16-9-8-14-27(31)3/h8-14,16-24,29,43H,5-7,15,25-26H2,1-4H3/b49-40-. The van der Waals surface area contributed by atoms with Crippen LogP contribution in [0.1, 0.15) is 79.1 Å². The minimum atomic E-state index is -4.40. The van der Waals surface area contributed by atoms with E-state index in [0.29, 0.717) is 22.6 Å². The van der Waals surface area contributed by atoms with E-state index in [1.807, 2.05) is 73.7 Å². The van der Waals surface area contributed by atoms with Crippen LogP contribution in [-0.4, -0.2) is 41.0 Å². The Bertz CT molecular complexity index is 2360. The number of nitrogens with zero attached hydrogens (tertiary/aromatic N) is 2. The van der Waals surface area contributed by atoms with Crippen LogP contribution in [0.15, 0.2) is 102 Å². The summed E-state index contributed by atoms with van der Waals surface area (Å²) in [4.78, 5) is 31.5. The Morgan fingerprint density at radius 3 is 2.19 bits per heavy atom. The highest BCUT2D eigenvalue weighted by molar-refractivity contribution is 6.27. The Labute approximate surface area is 311 Å². The lowest BCUT2D eigenvalue weighted by atomic mass is 9.92. The Hall–Kier alpha value is -5.51. The van der Waals surface area contributed by atoms with Crippen molar-refractivity contribution in [2.24, 2.45) is 11.1 Å². The third-order valence-electron chi connectivity index (χ3n) is 9.90. The average Bonchev–Trinajstić information content (AvgIpc) is 3.47. The van der Waals surface area contributed by atoms with Gasteiger partial charge >= 0.3 is 18.3 Å². The second kappa shape index (κ2) is 16.2. The molecule has 6 nitrogen and oxygen atoms in total. The van der Waals surface area contributed by atoms with Crippen LogP contribution in [0.2, 0.25) is 0 Å². The molecule has 0 aliphatic heterocycles. The number of hydrogen-bond donors (Lipinski definition) is 0. The van der Waals surface area contributed by atoms with E-state index in [0.717, 1.165) is 70.4 Å². The lowest BCUT2D eigenvalue weighted by Gasteiger charge is -2.19. The van der Waals surface area contributed by atoms with Gasteiger partial charge in [0.15, 0.2) is 12.4 Å². The fourth-order valence-electron chi connectivity index (χ4n) is 7.03. The summed E-state index contributed by atoms with van der Waals surface area (Å²) >= 11 is 0. The average molecular weight is 739 g/mol. The molecular weight excluding hydrogens is 696 g/mol. The number of ether oxygens (including phenoxy) is 1. The highest BCUT2D eigenvalue weighted by atomic mass is 19.3. The van der Waals surface area contributed by atoms with Gasteiger partial charge in [-0.2, -0.15) is 8.78 Å². The number of rotatable bonds is 15.